The highest BCUT2D eigenvalue weighted by Gasteiger charge is 2.16. The Morgan fingerprint density at radius 3 is 1.54 bits per heavy atom. The van der Waals surface area contributed by atoms with Gasteiger partial charge >= 0.3 is 0 Å². The summed E-state index contributed by atoms with van der Waals surface area (Å²) in [6, 6.07) is 0. The molecule has 0 aliphatic rings. The minimum absolute atomic E-state index is 0.923. The average Bonchev–Trinajstić information content (AvgIpc) is 2.54. The monoisotopic (exact) mass is 200 g/mol. The molecule has 0 aromatic carbocycles. The molecule has 1 aromatic heterocycles. The largest absolute Gasteiger partial charge is 0.492 e. The van der Waals surface area contributed by atoms with Crippen molar-refractivity contribution in [2.45, 2.75) is 26.7 Å². The van der Waals surface area contributed by atoms with Crippen molar-refractivity contribution < 1.29 is 9.47 Å². The van der Waals surface area contributed by atoms with Crippen LogP contribution in [0.1, 0.15) is 23.6 Å². The molecule has 1 aromatic rings. The third-order valence-corrected chi connectivity index (χ3v) is 3.45. The molecule has 0 bridgehead atoms. The third-order valence-electron chi connectivity index (χ3n) is 2.01. The average molecular weight is 200 g/mol. The molecule has 0 fully saturated rings. The van der Waals surface area contributed by atoms with E-state index in [9.17, 15) is 0 Å². The van der Waals surface area contributed by atoms with Gasteiger partial charge in [-0.05, 0) is 12.8 Å². The van der Waals surface area contributed by atoms with Crippen LogP contribution in [0.25, 0.3) is 0 Å². The number of thiophene rings is 1. The van der Waals surface area contributed by atoms with Gasteiger partial charge in [-0.3, -0.25) is 0 Å². The first-order valence-electron chi connectivity index (χ1n) is 4.50. The fourth-order valence-corrected chi connectivity index (χ4v) is 2.50. The first-order chi connectivity index (χ1) is 6.28. The van der Waals surface area contributed by atoms with Gasteiger partial charge in [0, 0.05) is 0 Å². The number of ether oxygens (including phenoxy) is 2. The van der Waals surface area contributed by atoms with Crippen LogP contribution in [0.2, 0.25) is 0 Å². The van der Waals surface area contributed by atoms with Crippen molar-refractivity contribution >= 4 is 11.3 Å². The molecular weight excluding hydrogens is 184 g/mol. The highest BCUT2D eigenvalue weighted by Crippen LogP contribution is 2.42. The van der Waals surface area contributed by atoms with Crippen molar-refractivity contribution in [1.82, 2.24) is 0 Å². The van der Waals surface area contributed by atoms with Crippen molar-refractivity contribution in [3.8, 4) is 11.5 Å². The first-order valence-corrected chi connectivity index (χ1v) is 5.32. The molecule has 13 heavy (non-hydrogen) atoms. The molecule has 0 saturated heterocycles. The summed E-state index contributed by atoms with van der Waals surface area (Å²) in [5.74, 6) is 1.85. The molecule has 0 amide bonds. The van der Waals surface area contributed by atoms with Gasteiger partial charge in [0.1, 0.15) is 0 Å². The highest BCUT2D eigenvalue weighted by molar-refractivity contribution is 7.12. The van der Waals surface area contributed by atoms with Crippen LogP contribution in [0, 0.1) is 0 Å². The van der Waals surface area contributed by atoms with Crippen LogP contribution in [0.15, 0.2) is 0 Å². The van der Waals surface area contributed by atoms with Crippen LogP contribution >= 0.6 is 11.3 Å². The minimum atomic E-state index is 0.923. The van der Waals surface area contributed by atoms with Gasteiger partial charge < -0.3 is 9.47 Å². The van der Waals surface area contributed by atoms with Gasteiger partial charge in [0.05, 0.1) is 24.0 Å². The van der Waals surface area contributed by atoms with Gasteiger partial charge in [-0.25, -0.2) is 0 Å². The van der Waals surface area contributed by atoms with E-state index >= 15 is 0 Å². The Balaban J connectivity index is 3.17. The van der Waals surface area contributed by atoms with Gasteiger partial charge in [-0.2, -0.15) is 0 Å². The third kappa shape index (κ3) is 1.80. The maximum Gasteiger partial charge on any atom is 0.174 e. The molecule has 0 atom stereocenters. The summed E-state index contributed by atoms with van der Waals surface area (Å²) < 4.78 is 10.7. The number of hydrogen-bond acceptors (Lipinski definition) is 3. The van der Waals surface area contributed by atoms with E-state index in [1.165, 1.54) is 9.75 Å². The van der Waals surface area contributed by atoms with Crippen LogP contribution in [0.5, 0.6) is 11.5 Å². The predicted octanol–water partition coefficient (Wildman–Crippen LogP) is 2.89. The number of aryl methyl sites for hydroxylation is 2. The fraction of sp³-hybridized carbons (Fsp3) is 0.600. The van der Waals surface area contributed by atoms with Crippen molar-refractivity contribution in [1.29, 1.82) is 0 Å². The molecule has 1 rings (SSSR count). The molecule has 3 heteroatoms. The first kappa shape index (κ1) is 10.4. The van der Waals surface area contributed by atoms with Crippen LogP contribution in [-0.2, 0) is 12.8 Å². The molecule has 0 spiro atoms. The Morgan fingerprint density at radius 1 is 0.923 bits per heavy atom. The van der Waals surface area contributed by atoms with E-state index in [0.29, 0.717) is 0 Å². The molecule has 0 unspecified atom stereocenters. The predicted molar refractivity (Wildman–Crippen MR) is 56.2 cm³/mol. The maximum absolute atomic E-state index is 5.33. The summed E-state index contributed by atoms with van der Waals surface area (Å²) in [4.78, 5) is 2.55. The van der Waals surface area contributed by atoms with E-state index in [4.69, 9.17) is 9.47 Å². The molecule has 0 aliphatic carbocycles. The van der Waals surface area contributed by atoms with Crippen LogP contribution in [0.3, 0.4) is 0 Å². The summed E-state index contributed by atoms with van der Waals surface area (Å²) in [5, 5.41) is 0. The van der Waals surface area contributed by atoms with Crippen LogP contribution in [-0.4, -0.2) is 14.2 Å². The van der Waals surface area contributed by atoms with Gasteiger partial charge in [-0.1, -0.05) is 13.8 Å². The second kappa shape index (κ2) is 4.51. The van der Waals surface area contributed by atoms with Crippen molar-refractivity contribution in [3.05, 3.63) is 9.75 Å². The van der Waals surface area contributed by atoms with Crippen molar-refractivity contribution in [2.24, 2.45) is 0 Å². The topological polar surface area (TPSA) is 18.5 Å². The molecular formula is C10H16O2S. The lowest BCUT2D eigenvalue weighted by molar-refractivity contribution is 0.353. The Kier molecular flexibility index (Phi) is 3.60. The summed E-state index contributed by atoms with van der Waals surface area (Å²) in [6.45, 7) is 4.26. The summed E-state index contributed by atoms with van der Waals surface area (Å²) in [7, 11) is 3.40. The van der Waals surface area contributed by atoms with E-state index in [1.54, 1.807) is 25.6 Å². The Bertz CT molecular complexity index is 252. The molecule has 0 aliphatic heterocycles. The van der Waals surface area contributed by atoms with E-state index in [0.717, 1.165) is 24.3 Å². The lowest BCUT2D eigenvalue weighted by Gasteiger charge is -2.04. The second-order valence-corrected chi connectivity index (χ2v) is 3.91. The highest BCUT2D eigenvalue weighted by atomic mass is 32.1. The molecule has 0 radical (unpaired) electrons. The second-order valence-electron chi connectivity index (χ2n) is 2.72. The molecule has 0 saturated carbocycles. The van der Waals surface area contributed by atoms with Crippen LogP contribution in [0.4, 0.5) is 0 Å². The van der Waals surface area contributed by atoms with Gasteiger partial charge in [0.2, 0.25) is 0 Å². The fourth-order valence-electron chi connectivity index (χ4n) is 1.37. The number of rotatable bonds is 4. The van der Waals surface area contributed by atoms with E-state index in [2.05, 4.69) is 13.8 Å². The van der Waals surface area contributed by atoms with E-state index in [1.807, 2.05) is 0 Å². The Labute approximate surface area is 83.5 Å². The molecule has 1 heterocycles. The minimum Gasteiger partial charge on any atom is -0.492 e. The summed E-state index contributed by atoms with van der Waals surface area (Å²) >= 11 is 1.79. The standard InChI is InChI=1S/C10H16O2S/c1-5-7-9(11-3)10(12-4)8(6-2)13-7/h5-6H2,1-4H3. The summed E-state index contributed by atoms with van der Waals surface area (Å²) in [6.07, 6.45) is 2.01. The SMILES string of the molecule is CCc1sc(CC)c(OC)c1OC. The number of hydrogen-bond donors (Lipinski definition) is 0. The molecule has 2 nitrogen and oxygen atoms in total. The molecule has 74 valence electrons. The lowest BCUT2D eigenvalue weighted by atomic mass is 10.3. The quantitative estimate of drug-likeness (QED) is 0.744. The lowest BCUT2D eigenvalue weighted by Crippen LogP contribution is -1.90. The van der Waals surface area contributed by atoms with Crippen molar-refractivity contribution in [2.75, 3.05) is 14.2 Å². The van der Waals surface area contributed by atoms with E-state index in [-0.39, 0.29) is 0 Å². The maximum atomic E-state index is 5.33. The van der Waals surface area contributed by atoms with Crippen LogP contribution < -0.4 is 9.47 Å². The number of methoxy groups -OCH3 is 2. The zero-order valence-electron chi connectivity index (χ0n) is 8.64. The van der Waals surface area contributed by atoms with Gasteiger partial charge in [-0.15, -0.1) is 11.3 Å². The molecule has 0 N–H and O–H groups in total. The smallest absolute Gasteiger partial charge is 0.174 e. The van der Waals surface area contributed by atoms with Gasteiger partial charge in [0.25, 0.3) is 0 Å². The van der Waals surface area contributed by atoms with Gasteiger partial charge in [0.15, 0.2) is 11.5 Å². The Hall–Kier alpha value is -0.700. The normalized spacial score (nSPS) is 10.2. The summed E-state index contributed by atoms with van der Waals surface area (Å²) in [5.41, 5.74) is 0. The zero-order valence-corrected chi connectivity index (χ0v) is 9.46. The Morgan fingerprint density at radius 2 is 1.31 bits per heavy atom. The van der Waals surface area contributed by atoms with Crippen molar-refractivity contribution in [3.63, 3.8) is 0 Å². The zero-order chi connectivity index (χ0) is 9.84. The van der Waals surface area contributed by atoms with E-state index < -0.39 is 0 Å².